The molecule has 0 amide bonds. The van der Waals surface area contributed by atoms with Gasteiger partial charge in [-0.15, -0.1) is 0 Å². The number of fused-ring (bicyclic) bond motifs is 3. The van der Waals surface area contributed by atoms with Crippen LogP contribution in [0.5, 0.6) is 0 Å². The van der Waals surface area contributed by atoms with Gasteiger partial charge in [-0.25, -0.2) is 44.9 Å². The van der Waals surface area contributed by atoms with Crippen molar-refractivity contribution >= 4 is 72.9 Å². The molecule has 40 nitrogen and oxygen atoms in total. The van der Waals surface area contributed by atoms with Gasteiger partial charge in [0.15, 0.2) is 59.4 Å². The van der Waals surface area contributed by atoms with Gasteiger partial charge in [-0.05, 0) is 0 Å². The quantitative estimate of drug-likeness (QED) is 0.0274. The summed E-state index contributed by atoms with van der Waals surface area (Å²) in [7, 11) is -11.4. The van der Waals surface area contributed by atoms with Gasteiger partial charge in [-0.2, -0.15) is 0 Å². The molecule has 0 saturated carbocycles. The fourth-order valence-corrected chi connectivity index (χ4v) is 8.72. The van der Waals surface area contributed by atoms with Crippen molar-refractivity contribution in [2.24, 2.45) is 0 Å². The molecule has 430 valence electrons. The standard InChI is InChI=1S/3C10H13N5O4.C5H12O11P2.3Na.2H2O/c3*11-8-5-9(13-2-12-8)15(3-14-5)10-7(18)6(17)4(1-16)19-10;6-1-3(7)5(9)4(8)2-15-18(13,14)16-17(10,11)12;;;;;/h3*2-4,6-7,10,16-18H,1H2,(H2,11,12,13);1,3-5,7-9H,2H2,(H,13,14)(H2,10,11,12);;;;2*1H2/q;;;;3*+1;;/p-3/t3*4-,6-,7-,10-;3-,4+,5-;;;;;/m1110...../s1. The molecule has 3 fully saturated rings. The molecule has 0 aromatic carbocycles. The number of aldehydes is 1. The zero-order valence-electron chi connectivity index (χ0n) is 41.9. The van der Waals surface area contributed by atoms with Crippen molar-refractivity contribution in [2.75, 3.05) is 43.6 Å². The number of nitrogens with two attached hydrogens (primary N) is 3. The Morgan fingerprint density at radius 3 is 1.11 bits per heavy atom. The number of nitrogen functional groups attached to an aromatic ring is 3. The summed E-state index contributed by atoms with van der Waals surface area (Å²) in [6, 6.07) is 0. The number of aliphatic hydroxyl groups is 12. The summed E-state index contributed by atoms with van der Waals surface area (Å²) in [4.78, 5) is 76.4. The third kappa shape index (κ3) is 17.5. The maximum Gasteiger partial charge on any atom is 1.00 e. The first-order chi connectivity index (χ1) is 35.4. The van der Waals surface area contributed by atoms with Crippen LogP contribution in [0.4, 0.5) is 17.5 Å². The van der Waals surface area contributed by atoms with Crippen molar-refractivity contribution in [1.82, 2.24) is 58.6 Å². The molecule has 0 bridgehead atoms. The minimum Gasteiger partial charge on any atom is -0.790 e. The molecule has 0 radical (unpaired) electrons. The van der Waals surface area contributed by atoms with Gasteiger partial charge >= 0.3 is 88.7 Å². The van der Waals surface area contributed by atoms with Crippen LogP contribution in [0, 0.1) is 0 Å². The van der Waals surface area contributed by atoms with Crippen LogP contribution in [-0.4, -0.2) is 237 Å². The Labute approximate surface area is 513 Å². The predicted octanol–water partition coefficient (Wildman–Crippen LogP) is -21.0. The second-order valence-corrected chi connectivity index (χ2v) is 18.6. The largest absolute Gasteiger partial charge is 1.00 e. The Bertz CT molecular complexity index is 2720. The smallest absolute Gasteiger partial charge is 0.790 e. The van der Waals surface area contributed by atoms with Gasteiger partial charge in [-0.3, -0.25) is 22.6 Å². The third-order valence-corrected chi connectivity index (χ3v) is 13.1. The number of hydrogen-bond acceptors (Lipinski definition) is 35. The van der Waals surface area contributed by atoms with Crippen molar-refractivity contribution in [3.63, 3.8) is 0 Å². The van der Waals surface area contributed by atoms with Crippen LogP contribution in [0.3, 0.4) is 0 Å². The molecular formula is C35H52N15Na3O25P2. The van der Waals surface area contributed by atoms with Crippen LogP contribution in [0.2, 0.25) is 0 Å². The third-order valence-electron chi connectivity index (χ3n) is 11.0. The van der Waals surface area contributed by atoms with E-state index in [0.29, 0.717) is 33.5 Å². The molecule has 3 aliphatic rings. The number of phosphoric acid groups is 2. The van der Waals surface area contributed by atoms with Crippen molar-refractivity contribution < 1.29 is 213 Å². The van der Waals surface area contributed by atoms with Gasteiger partial charge in [0.25, 0.3) is 7.82 Å². The Morgan fingerprint density at radius 1 is 0.562 bits per heavy atom. The van der Waals surface area contributed by atoms with Gasteiger partial charge in [0, 0.05) is 0 Å². The number of aliphatic hydroxyl groups excluding tert-OH is 12. The zero-order valence-corrected chi connectivity index (χ0v) is 49.7. The maximum absolute atomic E-state index is 10.7. The van der Waals surface area contributed by atoms with E-state index in [4.69, 9.17) is 62.1 Å². The van der Waals surface area contributed by atoms with Gasteiger partial charge in [0.1, 0.15) is 109 Å². The monoisotopic (exact) mass is 1210 g/mol. The van der Waals surface area contributed by atoms with E-state index >= 15 is 0 Å². The molecule has 45 heteroatoms. The number of hydrogen-bond donors (Lipinski definition) is 15. The van der Waals surface area contributed by atoms with Crippen molar-refractivity contribution in [1.29, 1.82) is 0 Å². The normalized spacial score (nSPS) is 26.8. The topological polar surface area (TPSA) is 681 Å². The number of rotatable bonds is 14. The minimum absolute atomic E-state index is 0. The summed E-state index contributed by atoms with van der Waals surface area (Å²) in [5, 5.41) is 113. The SMILES string of the molecule is Nc1ncnc2c1ncn2[C@@H]1O[C@H](CO)[C@@H](O)[C@H]1O.Nc1ncnc2c1ncn2[C@@H]1O[C@H](CO)[C@@H](O)[C@H]1O.Nc1ncnc2c1ncn2[C@@H]1O[C@H](CO)[C@@H](O)[C@H]1O.O.O.O=C[C@H](O)[C@H](O)[C@H](O)COP(=O)([O-])OP(=O)([O-])[O-].[Na+].[Na+].[Na+]. The van der Waals surface area contributed by atoms with Gasteiger partial charge < -0.3 is 132 Å². The minimum atomic E-state index is -5.85. The molecule has 0 spiro atoms. The van der Waals surface area contributed by atoms with Gasteiger partial charge in [-0.1, -0.05) is 0 Å². The Balaban J connectivity index is 0.000000523. The van der Waals surface area contributed by atoms with E-state index in [1.807, 2.05) is 0 Å². The van der Waals surface area contributed by atoms with Crippen molar-refractivity contribution in [2.45, 2.75) is 91.9 Å². The van der Waals surface area contributed by atoms with Crippen molar-refractivity contribution in [3.8, 4) is 0 Å². The Kier molecular flexibility index (Phi) is 30.6. The molecule has 9 heterocycles. The molecule has 22 N–H and O–H groups in total. The molecule has 16 atom stereocenters. The van der Waals surface area contributed by atoms with E-state index in [-0.39, 0.29) is 123 Å². The number of anilines is 3. The molecule has 1 unspecified atom stereocenters. The van der Waals surface area contributed by atoms with Crippen LogP contribution in [0.15, 0.2) is 38.0 Å². The first-order valence-electron chi connectivity index (χ1n) is 21.2. The van der Waals surface area contributed by atoms with Gasteiger partial charge in [0.05, 0.1) is 53.2 Å². The first-order valence-corrected chi connectivity index (χ1v) is 24.1. The summed E-state index contributed by atoms with van der Waals surface area (Å²) in [6.45, 7) is -2.40. The number of carbonyl (C=O) groups is 1. The first kappa shape index (κ1) is 75.3. The second kappa shape index (κ2) is 32.5. The Hall–Kier alpha value is -2.70. The van der Waals surface area contributed by atoms with Gasteiger partial charge in [0.2, 0.25) is 0 Å². The summed E-state index contributed by atoms with van der Waals surface area (Å²) in [5.41, 5.74) is 19.3. The average Bonchev–Trinajstić information content (AvgIpc) is 4.24. The number of nitrogens with zero attached hydrogens (tertiary/aromatic N) is 12. The molecule has 3 aliphatic heterocycles. The number of aromatic nitrogens is 12. The summed E-state index contributed by atoms with van der Waals surface area (Å²) >= 11 is 0. The molecule has 6 aromatic rings. The van der Waals surface area contributed by atoms with E-state index in [1.165, 1.54) is 51.7 Å². The maximum atomic E-state index is 10.7. The molecule has 6 aromatic heterocycles. The number of ether oxygens (including phenoxy) is 3. The molecule has 9 rings (SSSR count). The zero-order chi connectivity index (χ0) is 55.3. The van der Waals surface area contributed by atoms with Crippen LogP contribution < -0.4 is 121 Å². The van der Waals surface area contributed by atoms with E-state index < -0.39 is 134 Å². The van der Waals surface area contributed by atoms with Crippen LogP contribution >= 0.6 is 15.6 Å². The van der Waals surface area contributed by atoms with Crippen LogP contribution in [-0.2, 0) is 37.0 Å². The summed E-state index contributed by atoms with van der Waals surface area (Å²) < 4.78 is 48.0. The summed E-state index contributed by atoms with van der Waals surface area (Å²) in [5.74, 6) is 0.654. The molecular weight excluding hydrogens is 1160 g/mol. The number of phosphoric ester groups is 1. The Morgan fingerprint density at radius 2 is 0.863 bits per heavy atom. The molecule has 0 aliphatic carbocycles. The second-order valence-electron chi connectivity index (χ2n) is 15.9. The summed E-state index contributed by atoms with van der Waals surface area (Å²) in [6.07, 6.45) is -10.5. The number of carbonyl (C=O) groups excluding carboxylic acids is 1. The van der Waals surface area contributed by atoms with Crippen molar-refractivity contribution in [3.05, 3.63) is 38.0 Å². The van der Waals surface area contributed by atoms with E-state index in [9.17, 15) is 59.2 Å². The average molecular weight is 1210 g/mol. The molecule has 80 heavy (non-hydrogen) atoms. The molecule has 3 saturated heterocycles. The van der Waals surface area contributed by atoms with E-state index in [2.05, 4.69) is 53.7 Å². The fourth-order valence-electron chi connectivity index (χ4n) is 7.22. The fraction of sp³-hybridized carbons (Fsp3) is 0.543. The van der Waals surface area contributed by atoms with Crippen LogP contribution in [0.1, 0.15) is 18.7 Å². The van der Waals surface area contributed by atoms with Crippen LogP contribution in [0.25, 0.3) is 33.5 Å². The van der Waals surface area contributed by atoms with E-state index in [0.717, 1.165) is 0 Å². The number of imidazole rings is 3. The van der Waals surface area contributed by atoms with E-state index in [1.54, 1.807) is 0 Å². The predicted molar refractivity (Wildman–Crippen MR) is 242 cm³/mol.